The van der Waals surface area contributed by atoms with Gasteiger partial charge in [-0.3, -0.25) is 4.79 Å². The molecule has 0 fully saturated rings. The van der Waals surface area contributed by atoms with Crippen LogP contribution in [0.2, 0.25) is 0 Å². The number of pyridine rings is 1. The third-order valence-electron chi connectivity index (χ3n) is 4.36. The van der Waals surface area contributed by atoms with Crippen LogP contribution in [0, 0.1) is 20.8 Å². The first-order chi connectivity index (χ1) is 11.3. The van der Waals surface area contributed by atoms with Crippen molar-refractivity contribution in [1.82, 2.24) is 9.72 Å². The number of ether oxygens (including phenoxy) is 1. The molecule has 0 aliphatic heterocycles. The topological polar surface area (TPSA) is 57.3 Å². The molecule has 5 nitrogen and oxygen atoms in total. The van der Waals surface area contributed by atoms with E-state index in [1.807, 2.05) is 57.4 Å². The lowest BCUT2D eigenvalue weighted by atomic mass is 9.99. The highest BCUT2D eigenvalue weighted by Crippen LogP contribution is 2.37. The van der Waals surface area contributed by atoms with Gasteiger partial charge >= 0.3 is 0 Å². The molecule has 2 aromatic heterocycles. The van der Waals surface area contributed by atoms with E-state index in [1.54, 1.807) is 7.11 Å². The van der Waals surface area contributed by atoms with Gasteiger partial charge in [0, 0.05) is 23.2 Å². The zero-order valence-electron chi connectivity index (χ0n) is 14.9. The Hall–Kier alpha value is -2.56. The average molecular weight is 326 g/mol. The van der Waals surface area contributed by atoms with E-state index in [9.17, 15) is 4.79 Å². The van der Waals surface area contributed by atoms with E-state index in [-0.39, 0.29) is 11.6 Å². The van der Waals surface area contributed by atoms with Gasteiger partial charge in [0.1, 0.15) is 11.5 Å². The molecule has 0 unspecified atom stereocenters. The Morgan fingerprint density at radius 3 is 2.42 bits per heavy atom. The molecule has 0 saturated heterocycles. The maximum absolute atomic E-state index is 12.5. The van der Waals surface area contributed by atoms with Crippen molar-refractivity contribution in [2.24, 2.45) is 0 Å². The number of hydrogen-bond acceptors (Lipinski definition) is 4. The Bertz CT molecular complexity index is 961. The summed E-state index contributed by atoms with van der Waals surface area (Å²) >= 11 is 0. The summed E-state index contributed by atoms with van der Waals surface area (Å²) in [5.74, 6) is 1.45. The molecule has 0 aliphatic rings. The van der Waals surface area contributed by atoms with Crippen molar-refractivity contribution in [3.63, 3.8) is 0 Å². The van der Waals surface area contributed by atoms with E-state index in [0.717, 1.165) is 39.0 Å². The SMILES string of the molecule is COc1cc2c(cc1-c1c(C)noc1C)cc(C)c(=O)n2C(C)C. The zero-order valence-corrected chi connectivity index (χ0v) is 14.9. The van der Waals surface area contributed by atoms with Gasteiger partial charge in [-0.25, -0.2) is 0 Å². The van der Waals surface area contributed by atoms with Crippen LogP contribution in [0.5, 0.6) is 5.75 Å². The van der Waals surface area contributed by atoms with Crippen LogP contribution < -0.4 is 10.3 Å². The van der Waals surface area contributed by atoms with Crippen molar-refractivity contribution in [2.45, 2.75) is 40.7 Å². The van der Waals surface area contributed by atoms with Gasteiger partial charge in [0.2, 0.25) is 0 Å². The molecule has 3 rings (SSSR count). The van der Waals surface area contributed by atoms with Gasteiger partial charge in [0.05, 0.1) is 23.9 Å². The van der Waals surface area contributed by atoms with Crippen molar-refractivity contribution >= 4 is 10.9 Å². The Morgan fingerprint density at radius 2 is 1.88 bits per heavy atom. The molecule has 0 amide bonds. The van der Waals surface area contributed by atoms with Gasteiger partial charge in [-0.15, -0.1) is 0 Å². The fourth-order valence-electron chi connectivity index (χ4n) is 3.25. The Kier molecular flexibility index (Phi) is 3.95. The standard InChI is InChI=1S/C19H22N2O3/c1-10(2)21-16-9-17(23-6)15(18-12(4)20-24-13(18)5)8-14(16)7-11(3)19(21)22/h7-10H,1-6H3. The largest absolute Gasteiger partial charge is 0.496 e. The van der Waals surface area contributed by atoms with Gasteiger partial charge in [-0.05, 0) is 52.1 Å². The van der Waals surface area contributed by atoms with Gasteiger partial charge in [-0.1, -0.05) is 5.16 Å². The molecule has 0 bridgehead atoms. The highest BCUT2D eigenvalue weighted by Gasteiger charge is 2.19. The maximum Gasteiger partial charge on any atom is 0.254 e. The fourth-order valence-corrected chi connectivity index (χ4v) is 3.25. The number of methoxy groups -OCH3 is 1. The first-order valence-corrected chi connectivity index (χ1v) is 8.02. The van der Waals surface area contributed by atoms with Crippen molar-refractivity contribution in [3.05, 3.63) is 45.6 Å². The molecular formula is C19H22N2O3. The molecule has 126 valence electrons. The summed E-state index contributed by atoms with van der Waals surface area (Å²) in [6.45, 7) is 9.67. The van der Waals surface area contributed by atoms with Gasteiger partial charge in [0.25, 0.3) is 5.56 Å². The Labute approximate surface area is 140 Å². The van der Waals surface area contributed by atoms with E-state index < -0.39 is 0 Å². The van der Waals surface area contributed by atoms with Gasteiger partial charge < -0.3 is 13.8 Å². The number of nitrogens with zero attached hydrogens (tertiary/aromatic N) is 2. The molecule has 0 N–H and O–H groups in total. The normalized spacial score (nSPS) is 11.5. The molecule has 0 radical (unpaired) electrons. The van der Waals surface area contributed by atoms with Crippen molar-refractivity contribution in [2.75, 3.05) is 7.11 Å². The predicted octanol–water partition coefficient (Wildman–Crippen LogP) is 4.17. The third-order valence-corrected chi connectivity index (χ3v) is 4.36. The average Bonchev–Trinajstić information content (AvgIpc) is 2.86. The fraction of sp³-hybridized carbons (Fsp3) is 0.368. The lowest BCUT2D eigenvalue weighted by Crippen LogP contribution is -2.24. The second-order valence-electron chi connectivity index (χ2n) is 6.41. The second-order valence-corrected chi connectivity index (χ2v) is 6.41. The van der Waals surface area contributed by atoms with E-state index in [2.05, 4.69) is 5.16 Å². The highest BCUT2D eigenvalue weighted by atomic mass is 16.5. The summed E-state index contributed by atoms with van der Waals surface area (Å²) in [5.41, 5.74) is 4.31. The number of hydrogen-bond donors (Lipinski definition) is 0. The van der Waals surface area contributed by atoms with E-state index >= 15 is 0 Å². The third kappa shape index (κ3) is 2.40. The molecule has 3 aromatic rings. The molecule has 0 saturated carbocycles. The quantitative estimate of drug-likeness (QED) is 0.725. The minimum atomic E-state index is 0.0321. The molecular weight excluding hydrogens is 304 g/mol. The van der Waals surface area contributed by atoms with Crippen LogP contribution in [0.15, 0.2) is 27.5 Å². The first-order valence-electron chi connectivity index (χ1n) is 8.02. The van der Waals surface area contributed by atoms with E-state index in [4.69, 9.17) is 9.26 Å². The Balaban J connectivity index is 2.43. The van der Waals surface area contributed by atoms with E-state index in [0.29, 0.717) is 5.75 Å². The van der Waals surface area contributed by atoms with Crippen molar-refractivity contribution in [1.29, 1.82) is 0 Å². The summed E-state index contributed by atoms with van der Waals surface area (Å²) in [6, 6.07) is 5.97. The van der Waals surface area contributed by atoms with Crippen LogP contribution in [0.1, 0.15) is 36.9 Å². The van der Waals surface area contributed by atoms with Crippen molar-refractivity contribution < 1.29 is 9.26 Å². The van der Waals surface area contributed by atoms with Gasteiger partial charge in [0.15, 0.2) is 0 Å². The number of rotatable bonds is 3. The summed E-state index contributed by atoms with van der Waals surface area (Å²) in [7, 11) is 1.63. The highest BCUT2D eigenvalue weighted by molar-refractivity contribution is 5.90. The smallest absolute Gasteiger partial charge is 0.254 e. The molecule has 5 heteroatoms. The van der Waals surface area contributed by atoms with Crippen LogP contribution >= 0.6 is 0 Å². The first kappa shape index (κ1) is 16.3. The van der Waals surface area contributed by atoms with Crippen LogP contribution in [-0.2, 0) is 0 Å². The molecule has 0 aliphatic carbocycles. The molecule has 1 aromatic carbocycles. The second kappa shape index (κ2) is 5.82. The lowest BCUT2D eigenvalue weighted by molar-refractivity contribution is 0.393. The summed E-state index contributed by atoms with van der Waals surface area (Å²) in [6.07, 6.45) is 0. The monoisotopic (exact) mass is 326 g/mol. The molecule has 2 heterocycles. The summed E-state index contributed by atoms with van der Waals surface area (Å²) in [4.78, 5) is 12.5. The van der Waals surface area contributed by atoms with Gasteiger partial charge in [-0.2, -0.15) is 0 Å². The van der Waals surface area contributed by atoms with Crippen LogP contribution in [0.25, 0.3) is 22.0 Å². The minimum Gasteiger partial charge on any atom is -0.496 e. The van der Waals surface area contributed by atoms with E-state index in [1.165, 1.54) is 0 Å². The molecule has 24 heavy (non-hydrogen) atoms. The zero-order chi connectivity index (χ0) is 17.6. The van der Waals surface area contributed by atoms with Crippen LogP contribution in [-0.4, -0.2) is 16.8 Å². The van der Waals surface area contributed by atoms with Crippen molar-refractivity contribution in [3.8, 4) is 16.9 Å². The lowest BCUT2D eigenvalue weighted by Gasteiger charge is -2.18. The number of aryl methyl sites for hydroxylation is 3. The van der Waals surface area contributed by atoms with Crippen LogP contribution in [0.3, 0.4) is 0 Å². The predicted molar refractivity (Wildman–Crippen MR) is 94.9 cm³/mol. The molecule has 0 spiro atoms. The number of aromatic nitrogens is 2. The maximum atomic E-state index is 12.5. The molecule has 0 atom stereocenters. The summed E-state index contributed by atoms with van der Waals surface area (Å²) < 4.78 is 12.7. The summed E-state index contributed by atoms with van der Waals surface area (Å²) in [5, 5.41) is 5.04. The van der Waals surface area contributed by atoms with Crippen LogP contribution in [0.4, 0.5) is 0 Å². The Morgan fingerprint density at radius 1 is 1.17 bits per heavy atom. The number of fused-ring (bicyclic) bond motifs is 1. The number of benzene rings is 1. The minimum absolute atomic E-state index is 0.0321.